The lowest BCUT2D eigenvalue weighted by molar-refractivity contribution is -0.197. The van der Waals surface area contributed by atoms with Crippen LogP contribution >= 0.6 is 0 Å². The van der Waals surface area contributed by atoms with E-state index >= 15 is 0 Å². The molecule has 6 heteroatoms. The molecule has 4 atom stereocenters. The molecule has 28 heavy (non-hydrogen) atoms. The molecule has 3 aliphatic heterocycles. The molecule has 1 unspecified atom stereocenters. The molecule has 4 aliphatic rings. The first-order valence-electron chi connectivity index (χ1n) is 11.4. The van der Waals surface area contributed by atoms with Gasteiger partial charge >= 0.3 is 0 Å². The van der Waals surface area contributed by atoms with Gasteiger partial charge in [0.05, 0.1) is 11.6 Å². The van der Waals surface area contributed by atoms with Gasteiger partial charge in [-0.3, -0.25) is 4.90 Å². The number of likely N-dealkylation sites (tertiary alicyclic amines) is 1. The molecule has 0 amide bonds. The maximum Gasteiger partial charge on any atom is 0.144 e. The molecule has 6 nitrogen and oxygen atoms in total. The van der Waals surface area contributed by atoms with Gasteiger partial charge in [0.2, 0.25) is 0 Å². The molecule has 0 spiro atoms. The topological polar surface area (TPSA) is 57.5 Å². The molecule has 0 aromatic rings. The Hall–Kier alpha value is -0.690. The first-order chi connectivity index (χ1) is 13.3. The fourth-order valence-corrected chi connectivity index (χ4v) is 5.51. The van der Waals surface area contributed by atoms with Gasteiger partial charge in [0, 0.05) is 12.5 Å². The lowest BCUT2D eigenvalue weighted by atomic mass is 9.64. The van der Waals surface area contributed by atoms with Gasteiger partial charge in [-0.15, -0.1) is 0 Å². The van der Waals surface area contributed by atoms with Gasteiger partial charge in [-0.05, 0) is 72.6 Å². The van der Waals surface area contributed by atoms with E-state index in [1.165, 1.54) is 25.7 Å². The number of fused-ring (bicyclic) bond motifs is 3. The van der Waals surface area contributed by atoms with Gasteiger partial charge in [-0.2, -0.15) is 0 Å². The zero-order valence-electron chi connectivity index (χ0n) is 18.6. The third-order valence-corrected chi connectivity index (χ3v) is 7.09. The van der Waals surface area contributed by atoms with Crippen molar-refractivity contribution in [3.63, 3.8) is 0 Å². The van der Waals surface area contributed by atoms with Gasteiger partial charge in [-0.25, -0.2) is 0 Å². The Bertz CT molecular complexity index is 543. The lowest BCUT2D eigenvalue weighted by Gasteiger charge is -2.60. The highest BCUT2D eigenvalue weighted by atomic mass is 16.6. The number of rotatable bonds is 8. The fraction of sp³-hybridized carbons (Fsp3) is 0.955. The number of likely N-dealkylation sites (N-methyl/N-ethyl adjacent to an activating group) is 1. The number of hydrogen-bond donors (Lipinski definition) is 1. The Kier molecular flexibility index (Phi) is 7.06. The van der Waals surface area contributed by atoms with Crippen LogP contribution in [0, 0.1) is 5.92 Å². The molecule has 3 saturated heterocycles. The molecule has 162 valence electrons. The van der Waals surface area contributed by atoms with Crippen molar-refractivity contribution in [2.45, 2.75) is 90.1 Å². The summed E-state index contributed by atoms with van der Waals surface area (Å²) >= 11 is 0. The largest absolute Gasteiger partial charge is 0.393 e. The molecule has 1 saturated carbocycles. The second kappa shape index (κ2) is 8.99. The summed E-state index contributed by atoms with van der Waals surface area (Å²) in [6.07, 6.45) is 5.49. The molecule has 0 radical (unpaired) electrons. The van der Waals surface area contributed by atoms with E-state index in [0.717, 1.165) is 38.3 Å². The molecule has 3 heterocycles. The van der Waals surface area contributed by atoms with Crippen molar-refractivity contribution < 1.29 is 14.7 Å². The Labute approximate surface area is 171 Å². The fourth-order valence-electron chi connectivity index (χ4n) is 5.51. The second-order valence-electron chi connectivity index (χ2n) is 9.53. The van der Waals surface area contributed by atoms with Crippen LogP contribution < -0.4 is 0 Å². The summed E-state index contributed by atoms with van der Waals surface area (Å²) in [6, 6.07) is 0.294. The Morgan fingerprint density at radius 1 is 1.21 bits per heavy atom. The summed E-state index contributed by atoms with van der Waals surface area (Å²) in [7, 11) is 0. The molecule has 0 aromatic carbocycles. The molecule has 2 bridgehead atoms. The predicted octanol–water partition coefficient (Wildman–Crippen LogP) is 2.89. The van der Waals surface area contributed by atoms with Crippen LogP contribution in [0.15, 0.2) is 5.16 Å². The molecule has 1 aliphatic carbocycles. The van der Waals surface area contributed by atoms with E-state index in [-0.39, 0.29) is 17.8 Å². The van der Waals surface area contributed by atoms with E-state index in [1.54, 1.807) is 0 Å². The Morgan fingerprint density at radius 3 is 2.50 bits per heavy atom. The minimum absolute atomic E-state index is 0.142. The average Bonchev–Trinajstić information content (AvgIpc) is 2.66. The van der Waals surface area contributed by atoms with Crippen LogP contribution in [0.5, 0.6) is 0 Å². The maximum absolute atomic E-state index is 10.3. The van der Waals surface area contributed by atoms with Gasteiger partial charge in [-0.1, -0.05) is 25.4 Å². The number of aliphatic hydroxyl groups excluding tert-OH is 1. The smallest absolute Gasteiger partial charge is 0.144 e. The van der Waals surface area contributed by atoms with Crippen LogP contribution in [0.2, 0.25) is 0 Å². The quantitative estimate of drug-likeness (QED) is 0.641. The normalized spacial score (nSPS) is 35.5. The third kappa shape index (κ3) is 4.55. The van der Waals surface area contributed by atoms with Crippen LogP contribution in [-0.4, -0.2) is 83.3 Å². The highest BCUT2D eigenvalue weighted by Gasteiger charge is 2.59. The SMILES string of the molecule is CCN(CC)CC(O)CO/N=C1\[C@H](N2CCCCC2)[C@H]2CC[C@]1(C)OC2(C)C. The van der Waals surface area contributed by atoms with E-state index in [1.807, 2.05) is 0 Å². The summed E-state index contributed by atoms with van der Waals surface area (Å²) in [4.78, 5) is 10.6. The summed E-state index contributed by atoms with van der Waals surface area (Å²) in [6.45, 7) is 15.9. The van der Waals surface area contributed by atoms with Crippen molar-refractivity contribution in [1.29, 1.82) is 0 Å². The lowest BCUT2D eigenvalue weighted by Crippen LogP contribution is -2.70. The summed E-state index contributed by atoms with van der Waals surface area (Å²) in [5.74, 6) is 0.440. The summed E-state index contributed by atoms with van der Waals surface area (Å²) in [5.41, 5.74) is 0.528. The van der Waals surface area contributed by atoms with Gasteiger partial charge in [0.15, 0.2) is 0 Å². The highest BCUT2D eigenvalue weighted by Crippen LogP contribution is 2.50. The van der Waals surface area contributed by atoms with E-state index in [0.29, 0.717) is 18.5 Å². The first kappa shape index (κ1) is 22.0. The highest BCUT2D eigenvalue weighted by molar-refractivity contribution is 5.98. The van der Waals surface area contributed by atoms with Crippen molar-refractivity contribution in [3.8, 4) is 0 Å². The van der Waals surface area contributed by atoms with Crippen molar-refractivity contribution in [1.82, 2.24) is 9.80 Å². The average molecular weight is 396 g/mol. The van der Waals surface area contributed by atoms with Crippen molar-refractivity contribution in [2.75, 3.05) is 39.3 Å². The minimum atomic E-state index is -0.524. The monoisotopic (exact) mass is 395 g/mol. The number of oxime groups is 1. The van der Waals surface area contributed by atoms with Gasteiger partial charge in [0.1, 0.15) is 24.0 Å². The van der Waals surface area contributed by atoms with E-state index in [2.05, 4.69) is 49.6 Å². The van der Waals surface area contributed by atoms with Gasteiger partial charge in [0.25, 0.3) is 0 Å². The predicted molar refractivity (Wildman–Crippen MR) is 113 cm³/mol. The summed E-state index contributed by atoms with van der Waals surface area (Å²) < 4.78 is 6.54. The van der Waals surface area contributed by atoms with Crippen LogP contribution in [-0.2, 0) is 9.57 Å². The molecule has 1 N–H and O–H groups in total. The Morgan fingerprint density at radius 2 is 1.89 bits per heavy atom. The molecular weight excluding hydrogens is 354 g/mol. The van der Waals surface area contributed by atoms with Crippen LogP contribution in [0.3, 0.4) is 0 Å². The molecule has 4 fully saturated rings. The zero-order valence-corrected chi connectivity index (χ0v) is 18.6. The van der Waals surface area contributed by atoms with Crippen molar-refractivity contribution in [2.24, 2.45) is 11.1 Å². The number of ether oxygens (including phenoxy) is 1. The first-order valence-corrected chi connectivity index (χ1v) is 11.4. The van der Waals surface area contributed by atoms with Crippen LogP contribution in [0.1, 0.15) is 66.7 Å². The maximum atomic E-state index is 10.3. The zero-order chi connectivity index (χ0) is 20.4. The number of nitrogens with zero attached hydrogens (tertiary/aromatic N) is 3. The number of hydrogen-bond acceptors (Lipinski definition) is 6. The molecule has 0 aromatic heterocycles. The number of aliphatic hydroxyl groups is 1. The van der Waals surface area contributed by atoms with Crippen molar-refractivity contribution in [3.05, 3.63) is 0 Å². The van der Waals surface area contributed by atoms with Crippen LogP contribution in [0.4, 0.5) is 0 Å². The molecular formula is C22H41N3O3. The molecule has 4 rings (SSSR count). The van der Waals surface area contributed by atoms with Crippen molar-refractivity contribution >= 4 is 5.71 Å². The van der Waals surface area contributed by atoms with E-state index in [9.17, 15) is 5.11 Å². The van der Waals surface area contributed by atoms with E-state index < -0.39 is 6.10 Å². The summed E-state index contributed by atoms with van der Waals surface area (Å²) in [5, 5.41) is 15.0. The van der Waals surface area contributed by atoms with E-state index in [4.69, 9.17) is 9.57 Å². The third-order valence-electron chi connectivity index (χ3n) is 7.09. The standard InChI is InChI=1S/C22H41N3O3/c1-6-24(7-2)15-17(26)16-27-23-20-19(25-13-9-8-10-14-25)18-11-12-22(20,5)28-21(18,3)4/h17-19,26H,6-16H2,1-5H3/b23-20+/t17?,18-,19-,22+/m1/s1. The number of piperidine rings is 1. The van der Waals surface area contributed by atoms with Crippen LogP contribution in [0.25, 0.3) is 0 Å². The Balaban J connectivity index is 1.73. The second-order valence-corrected chi connectivity index (χ2v) is 9.53. The van der Waals surface area contributed by atoms with Gasteiger partial charge < -0.3 is 19.6 Å². The minimum Gasteiger partial charge on any atom is -0.393 e.